The van der Waals surface area contributed by atoms with E-state index in [1.165, 1.54) is 20.3 Å². The Balaban J connectivity index is 3.37. The van der Waals surface area contributed by atoms with Gasteiger partial charge in [-0.1, -0.05) is 24.8 Å². The van der Waals surface area contributed by atoms with Crippen LogP contribution in [0.15, 0.2) is 24.8 Å². The molecule has 0 fully saturated rings. The van der Waals surface area contributed by atoms with E-state index in [9.17, 15) is 0 Å². The molecule has 0 spiro atoms. The lowest BCUT2D eigenvalue weighted by atomic mass is 10.0. The summed E-state index contributed by atoms with van der Waals surface area (Å²) in [5.74, 6) is 0. The molecule has 0 bridgehead atoms. The first kappa shape index (κ1) is 10.5. The van der Waals surface area contributed by atoms with Gasteiger partial charge in [-0.25, -0.2) is 0 Å². The molecule has 68 valence electrons. The highest BCUT2D eigenvalue weighted by atomic mass is 127. The maximum Gasteiger partial charge on any atom is 0.0139 e. The van der Waals surface area contributed by atoms with Gasteiger partial charge in [0.05, 0.1) is 0 Å². The van der Waals surface area contributed by atoms with Crippen molar-refractivity contribution in [3.05, 3.63) is 45.0 Å². The van der Waals surface area contributed by atoms with Crippen molar-refractivity contribution in [3.8, 4) is 0 Å². The van der Waals surface area contributed by atoms with E-state index >= 15 is 0 Å². The van der Waals surface area contributed by atoms with Gasteiger partial charge in [0, 0.05) is 3.57 Å². The second-order valence-electron chi connectivity index (χ2n) is 2.93. The highest BCUT2D eigenvalue weighted by molar-refractivity contribution is 14.1. The first-order valence-electron chi connectivity index (χ1n) is 4.24. The van der Waals surface area contributed by atoms with Crippen LogP contribution in [0.25, 0.3) is 12.2 Å². The molecule has 0 atom stereocenters. The van der Waals surface area contributed by atoms with Crippen LogP contribution in [0.1, 0.15) is 23.6 Å². The van der Waals surface area contributed by atoms with E-state index in [2.05, 4.69) is 60.4 Å². The molecular weight excluding hydrogens is 271 g/mol. The molecular formula is C12H13I. The Morgan fingerprint density at radius 3 is 2.62 bits per heavy atom. The Morgan fingerprint density at radius 1 is 1.38 bits per heavy atom. The molecule has 0 nitrogen and oxygen atoms in total. The largest absolute Gasteiger partial charge is 0.0984 e. The molecule has 0 aliphatic carbocycles. The molecule has 0 aliphatic heterocycles. The molecule has 1 aromatic carbocycles. The average molecular weight is 284 g/mol. The second-order valence-corrected chi connectivity index (χ2v) is 4.18. The minimum atomic E-state index is 1.23. The standard InChI is InChI=1S/C12H13I/c1-4-6-10-8-11(13)7-9(3)12(10)5-2/h4-8H,2H2,1,3H3/b6-4-. The van der Waals surface area contributed by atoms with Crippen LogP contribution in [0.3, 0.4) is 0 Å². The summed E-state index contributed by atoms with van der Waals surface area (Å²) in [4.78, 5) is 0. The van der Waals surface area contributed by atoms with Gasteiger partial charge in [0.1, 0.15) is 0 Å². The number of benzene rings is 1. The van der Waals surface area contributed by atoms with Crippen LogP contribution in [-0.4, -0.2) is 0 Å². The van der Waals surface area contributed by atoms with E-state index in [-0.39, 0.29) is 0 Å². The van der Waals surface area contributed by atoms with Gasteiger partial charge in [-0.3, -0.25) is 0 Å². The molecule has 1 aromatic rings. The number of aryl methyl sites for hydroxylation is 1. The lowest BCUT2D eigenvalue weighted by Gasteiger charge is -2.06. The van der Waals surface area contributed by atoms with Crippen molar-refractivity contribution in [2.24, 2.45) is 0 Å². The third-order valence-electron chi connectivity index (χ3n) is 1.93. The van der Waals surface area contributed by atoms with Gasteiger partial charge < -0.3 is 0 Å². The number of halogens is 1. The van der Waals surface area contributed by atoms with Crippen LogP contribution in [0.2, 0.25) is 0 Å². The van der Waals surface area contributed by atoms with Crippen LogP contribution in [0, 0.1) is 10.5 Å². The fraction of sp³-hybridized carbons (Fsp3) is 0.167. The quantitative estimate of drug-likeness (QED) is 0.711. The molecule has 0 amide bonds. The lowest BCUT2D eigenvalue weighted by Crippen LogP contribution is -1.87. The molecule has 13 heavy (non-hydrogen) atoms. The van der Waals surface area contributed by atoms with Crippen molar-refractivity contribution in [1.82, 2.24) is 0 Å². The molecule has 0 heterocycles. The highest BCUT2D eigenvalue weighted by Gasteiger charge is 2.00. The van der Waals surface area contributed by atoms with Crippen molar-refractivity contribution in [2.75, 3.05) is 0 Å². The topological polar surface area (TPSA) is 0 Å². The Kier molecular flexibility index (Phi) is 3.72. The van der Waals surface area contributed by atoms with Gasteiger partial charge in [-0.2, -0.15) is 0 Å². The third-order valence-corrected chi connectivity index (χ3v) is 2.56. The molecule has 0 aromatic heterocycles. The van der Waals surface area contributed by atoms with E-state index in [1.807, 2.05) is 13.0 Å². The summed E-state index contributed by atoms with van der Waals surface area (Å²) in [6, 6.07) is 4.34. The third kappa shape index (κ3) is 2.44. The van der Waals surface area contributed by atoms with Crippen LogP contribution in [0.4, 0.5) is 0 Å². The SMILES string of the molecule is C=Cc1c(C)cc(I)cc1/C=C\C. The molecule has 0 radical (unpaired) electrons. The first-order chi connectivity index (χ1) is 6.19. The minimum Gasteiger partial charge on any atom is -0.0984 e. The first-order valence-corrected chi connectivity index (χ1v) is 5.32. The zero-order chi connectivity index (χ0) is 9.84. The van der Waals surface area contributed by atoms with Gasteiger partial charge in [0.25, 0.3) is 0 Å². The van der Waals surface area contributed by atoms with Crippen molar-refractivity contribution in [2.45, 2.75) is 13.8 Å². The molecule has 0 aliphatic rings. The summed E-state index contributed by atoms with van der Waals surface area (Å²) >= 11 is 2.34. The van der Waals surface area contributed by atoms with E-state index in [4.69, 9.17) is 0 Å². The summed E-state index contributed by atoms with van der Waals surface area (Å²) in [5, 5.41) is 0. The fourth-order valence-electron chi connectivity index (χ4n) is 1.38. The smallest absolute Gasteiger partial charge is 0.0139 e. The second kappa shape index (κ2) is 4.61. The van der Waals surface area contributed by atoms with Gasteiger partial charge >= 0.3 is 0 Å². The summed E-state index contributed by atoms with van der Waals surface area (Å²) < 4.78 is 1.27. The Hall–Kier alpha value is -0.570. The Labute approximate surface area is 93.5 Å². The minimum absolute atomic E-state index is 1.23. The summed E-state index contributed by atoms with van der Waals surface area (Å²) in [6.07, 6.45) is 6.09. The van der Waals surface area contributed by atoms with Crippen LogP contribution >= 0.6 is 22.6 Å². The van der Waals surface area contributed by atoms with Crippen molar-refractivity contribution < 1.29 is 0 Å². The molecule has 0 saturated carbocycles. The number of rotatable bonds is 2. The number of allylic oxidation sites excluding steroid dienone is 1. The predicted octanol–water partition coefficient (Wildman–Crippen LogP) is 4.28. The van der Waals surface area contributed by atoms with Crippen LogP contribution in [-0.2, 0) is 0 Å². The molecule has 1 heteroatoms. The molecule has 0 N–H and O–H groups in total. The maximum absolute atomic E-state index is 3.83. The monoisotopic (exact) mass is 284 g/mol. The van der Waals surface area contributed by atoms with Gasteiger partial charge in [0.2, 0.25) is 0 Å². The van der Waals surface area contributed by atoms with Gasteiger partial charge in [-0.05, 0) is 65.3 Å². The number of hydrogen-bond donors (Lipinski definition) is 0. The Morgan fingerprint density at radius 2 is 2.08 bits per heavy atom. The zero-order valence-corrected chi connectivity index (χ0v) is 10.1. The van der Waals surface area contributed by atoms with Crippen LogP contribution < -0.4 is 0 Å². The predicted molar refractivity (Wildman–Crippen MR) is 68.7 cm³/mol. The Bertz CT molecular complexity index is 348. The molecule has 0 unspecified atom stereocenters. The van der Waals surface area contributed by atoms with E-state index in [0.29, 0.717) is 0 Å². The maximum atomic E-state index is 3.83. The van der Waals surface area contributed by atoms with Crippen LogP contribution in [0.5, 0.6) is 0 Å². The lowest BCUT2D eigenvalue weighted by molar-refractivity contribution is 1.41. The van der Waals surface area contributed by atoms with E-state index in [0.717, 1.165) is 0 Å². The zero-order valence-electron chi connectivity index (χ0n) is 7.97. The van der Waals surface area contributed by atoms with Crippen molar-refractivity contribution >= 4 is 34.7 Å². The summed E-state index contributed by atoms with van der Waals surface area (Å²) in [5.41, 5.74) is 3.77. The van der Waals surface area contributed by atoms with Gasteiger partial charge in [-0.15, -0.1) is 0 Å². The fourth-order valence-corrected chi connectivity index (χ4v) is 2.18. The van der Waals surface area contributed by atoms with Crippen molar-refractivity contribution in [1.29, 1.82) is 0 Å². The summed E-state index contributed by atoms with van der Waals surface area (Å²) in [7, 11) is 0. The molecule has 1 rings (SSSR count). The normalized spacial score (nSPS) is 10.7. The van der Waals surface area contributed by atoms with E-state index in [1.54, 1.807) is 0 Å². The molecule has 0 saturated heterocycles. The average Bonchev–Trinajstić information content (AvgIpc) is 2.04. The summed E-state index contributed by atoms with van der Waals surface area (Å²) in [6.45, 7) is 7.98. The number of hydrogen-bond acceptors (Lipinski definition) is 0. The van der Waals surface area contributed by atoms with Crippen molar-refractivity contribution in [3.63, 3.8) is 0 Å². The van der Waals surface area contributed by atoms with E-state index < -0.39 is 0 Å². The van der Waals surface area contributed by atoms with Gasteiger partial charge in [0.15, 0.2) is 0 Å². The highest BCUT2D eigenvalue weighted by Crippen LogP contribution is 2.20.